The van der Waals surface area contributed by atoms with E-state index in [9.17, 15) is 0 Å². The van der Waals surface area contributed by atoms with Crippen molar-refractivity contribution >= 4 is 41.2 Å². The number of rotatable bonds is 6. The third-order valence-corrected chi connectivity index (χ3v) is 23.5. The van der Waals surface area contributed by atoms with E-state index >= 15 is 0 Å². The van der Waals surface area contributed by atoms with Crippen molar-refractivity contribution in [3.63, 3.8) is 0 Å². The maximum absolute atomic E-state index is 7.65. The molecule has 0 spiro atoms. The molecule has 3 nitrogen and oxygen atoms in total. The molecule has 1 saturated heterocycles. The molecule has 4 rings (SSSR count). The molecule has 0 N–H and O–H groups in total. The summed E-state index contributed by atoms with van der Waals surface area (Å²) in [4.78, 5) is 0. The van der Waals surface area contributed by atoms with Gasteiger partial charge in [-0.2, -0.15) is 0 Å². The van der Waals surface area contributed by atoms with Crippen LogP contribution in [0.3, 0.4) is 0 Å². The van der Waals surface area contributed by atoms with Crippen LogP contribution in [0, 0.1) is 20.8 Å². The van der Waals surface area contributed by atoms with Crippen molar-refractivity contribution in [2.24, 2.45) is 0 Å². The van der Waals surface area contributed by atoms with Gasteiger partial charge in [-0.15, -0.1) is 0 Å². The molecule has 6 heteroatoms. The highest BCUT2D eigenvalue weighted by atomic mass is 28.5. The summed E-state index contributed by atoms with van der Waals surface area (Å²) in [6.07, 6.45) is 0. The summed E-state index contributed by atoms with van der Waals surface area (Å²) >= 11 is 0. The average Bonchev–Trinajstić information content (AvgIpc) is 2.84. The zero-order valence-corrected chi connectivity index (χ0v) is 26.4. The second-order valence-electron chi connectivity index (χ2n) is 11.2. The average molecular weight is 535 g/mol. The van der Waals surface area contributed by atoms with Gasteiger partial charge in [-0.05, 0) is 53.0 Å². The standard InChI is InChI=1S/C30H42O3Si3/c1-22(2)34(28-19-13-10-16-25(28)7)31-35(23(3)4,29-20-14-11-17-26(29)8)33-36(32-34,24(5)6)30-21-15-12-18-27(30)9/h10-24H,1-9H3. The molecule has 1 aliphatic rings. The van der Waals surface area contributed by atoms with Crippen LogP contribution in [0.2, 0.25) is 16.6 Å². The van der Waals surface area contributed by atoms with Gasteiger partial charge in [-0.25, -0.2) is 0 Å². The molecule has 3 aromatic carbocycles. The fourth-order valence-corrected chi connectivity index (χ4v) is 25.7. The Kier molecular flexibility index (Phi) is 7.68. The molecule has 1 fully saturated rings. The first-order valence-corrected chi connectivity index (χ1v) is 19.0. The highest BCUT2D eigenvalue weighted by Crippen LogP contribution is 2.45. The minimum absolute atomic E-state index is 0.215. The Hall–Kier alpha value is -1.81. The number of hydrogen-bond acceptors (Lipinski definition) is 3. The van der Waals surface area contributed by atoms with Crippen LogP contribution in [0.25, 0.3) is 0 Å². The van der Waals surface area contributed by atoms with Gasteiger partial charge in [0.2, 0.25) is 0 Å². The van der Waals surface area contributed by atoms with Crippen molar-refractivity contribution in [2.45, 2.75) is 78.9 Å². The van der Waals surface area contributed by atoms with E-state index in [4.69, 9.17) is 12.3 Å². The van der Waals surface area contributed by atoms with Gasteiger partial charge in [0, 0.05) is 16.6 Å². The minimum Gasteiger partial charge on any atom is -0.408 e. The Bertz CT molecular complexity index is 1060. The monoisotopic (exact) mass is 534 g/mol. The smallest absolute Gasteiger partial charge is 0.358 e. The fourth-order valence-electron chi connectivity index (χ4n) is 5.60. The number of benzene rings is 3. The van der Waals surface area contributed by atoms with Crippen molar-refractivity contribution in [1.29, 1.82) is 0 Å². The second kappa shape index (κ2) is 10.2. The van der Waals surface area contributed by atoms with Crippen LogP contribution in [-0.2, 0) is 12.3 Å². The summed E-state index contributed by atoms with van der Waals surface area (Å²) in [6, 6.07) is 26.1. The Balaban J connectivity index is 2.14. The normalized spacial score (nSPS) is 26.7. The van der Waals surface area contributed by atoms with Gasteiger partial charge < -0.3 is 12.3 Å². The van der Waals surface area contributed by atoms with Crippen LogP contribution in [0.4, 0.5) is 0 Å². The topological polar surface area (TPSA) is 27.7 Å². The lowest BCUT2D eigenvalue weighted by atomic mass is 10.2. The van der Waals surface area contributed by atoms with Crippen LogP contribution >= 0.6 is 0 Å². The molecule has 0 saturated carbocycles. The van der Waals surface area contributed by atoms with Crippen LogP contribution in [0.1, 0.15) is 58.2 Å². The lowest BCUT2D eigenvalue weighted by molar-refractivity contribution is 0.219. The third kappa shape index (κ3) is 4.32. The van der Waals surface area contributed by atoms with Gasteiger partial charge in [0.1, 0.15) is 0 Å². The van der Waals surface area contributed by atoms with Gasteiger partial charge in [-0.3, -0.25) is 0 Å². The number of aryl methyl sites for hydroxylation is 3. The van der Waals surface area contributed by atoms with E-state index in [1.807, 2.05) is 0 Å². The zero-order valence-electron chi connectivity index (χ0n) is 23.4. The highest BCUT2D eigenvalue weighted by Gasteiger charge is 2.68. The zero-order chi connectivity index (χ0) is 26.3. The first-order chi connectivity index (χ1) is 17.0. The van der Waals surface area contributed by atoms with E-state index in [0.717, 1.165) is 0 Å². The van der Waals surface area contributed by atoms with E-state index < -0.39 is 25.7 Å². The predicted molar refractivity (Wildman–Crippen MR) is 158 cm³/mol. The van der Waals surface area contributed by atoms with Crippen LogP contribution in [-0.4, -0.2) is 25.7 Å². The first kappa shape index (κ1) is 27.2. The second-order valence-corrected chi connectivity index (χ2v) is 22.8. The first-order valence-electron chi connectivity index (χ1n) is 13.3. The largest absolute Gasteiger partial charge is 0.408 e. The van der Waals surface area contributed by atoms with Gasteiger partial charge in [0.15, 0.2) is 0 Å². The van der Waals surface area contributed by atoms with E-state index in [1.165, 1.54) is 32.3 Å². The van der Waals surface area contributed by atoms with Crippen LogP contribution in [0.5, 0.6) is 0 Å². The van der Waals surface area contributed by atoms with Crippen molar-refractivity contribution < 1.29 is 12.3 Å². The minimum atomic E-state index is -2.99. The molecular formula is C30H42O3Si3. The van der Waals surface area contributed by atoms with Crippen molar-refractivity contribution in [3.8, 4) is 0 Å². The molecule has 1 aliphatic heterocycles. The van der Waals surface area contributed by atoms with Crippen molar-refractivity contribution in [3.05, 3.63) is 89.5 Å². The molecule has 36 heavy (non-hydrogen) atoms. The lowest BCUT2D eigenvalue weighted by Crippen LogP contribution is -2.82. The summed E-state index contributed by atoms with van der Waals surface area (Å²) < 4.78 is 23.0. The molecule has 3 aromatic rings. The summed E-state index contributed by atoms with van der Waals surface area (Å²) in [5.41, 5.74) is 4.37. The summed E-state index contributed by atoms with van der Waals surface area (Å²) in [7, 11) is -8.97. The molecule has 0 atom stereocenters. The molecule has 0 aromatic heterocycles. The predicted octanol–water partition coefficient (Wildman–Crippen LogP) is 6.25. The summed E-state index contributed by atoms with van der Waals surface area (Å²) in [5, 5.41) is 3.75. The Morgan fingerprint density at radius 1 is 0.417 bits per heavy atom. The lowest BCUT2D eigenvalue weighted by Gasteiger charge is -2.57. The van der Waals surface area contributed by atoms with Gasteiger partial charge in [-0.1, -0.05) is 114 Å². The molecule has 0 radical (unpaired) electrons. The molecule has 0 bridgehead atoms. The molecule has 192 valence electrons. The summed E-state index contributed by atoms with van der Waals surface area (Å²) in [6.45, 7) is 20.3. The van der Waals surface area contributed by atoms with Gasteiger partial charge in [0.05, 0.1) is 0 Å². The number of hydrogen-bond donors (Lipinski definition) is 0. The quantitative estimate of drug-likeness (QED) is 0.350. The third-order valence-electron chi connectivity index (χ3n) is 7.75. The summed E-state index contributed by atoms with van der Waals surface area (Å²) in [5.74, 6) is 0. The van der Waals surface area contributed by atoms with E-state index in [0.29, 0.717) is 0 Å². The molecule has 0 unspecified atom stereocenters. The highest BCUT2D eigenvalue weighted by molar-refractivity contribution is 7.07. The molecular weight excluding hydrogens is 493 g/mol. The van der Waals surface area contributed by atoms with Crippen LogP contribution < -0.4 is 15.6 Å². The maximum Gasteiger partial charge on any atom is 0.358 e. The van der Waals surface area contributed by atoms with Crippen LogP contribution in [0.15, 0.2) is 72.8 Å². The van der Waals surface area contributed by atoms with Gasteiger partial charge >= 0.3 is 25.7 Å². The maximum atomic E-state index is 7.65. The molecule has 0 amide bonds. The Morgan fingerprint density at radius 2 is 0.639 bits per heavy atom. The Labute approximate surface area is 221 Å². The Morgan fingerprint density at radius 3 is 0.833 bits per heavy atom. The molecule has 1 heterocycles. The van der Waals surface area contributed by atoms with Crippen molar-refractivity contribution in [1.82, 2.24) is 0 Å². The van der Waals surface area contributed by atoms with E-state index in [2.05, 4.69) is 135 Å². The fraction of sp³-hybridized carbons (Fsp3) is 0.400. The molecule has 0 aliphatic carbocycles. The van der Waals surface area contributed by atoms with Gasteiger partial charge in [0.25, 0.3) is 0 Å². The SMILES string of the molecule is Cc1ccccc1[Si]1(C(C)C)O[Si](c2ccccc2C)(C(C)C)O[Si](c2ccccc2C)(C(C)C)O1. The van der Waals surface area contributed by atoms with E-state index in [1.54, 1.807) is 0 Å². The van der Waals surface area contributed by atoms with E-state index in [-0.39, 0.29) is 16.6 Å². The van der Waals surface area contributed by atoms with Crippen molar-refractivity contribution in [2.75, 3.05) is 0 Å².